The van der Waals surface area contributed by atoms with Gasteiger partial charge < -0.3 is 0 Å². The Morgan fingerprint density at radius 3 is 1.62 bits per heavy atom. The van der Waals surface area contributed by atoms with E-state index in [9.17, 15) is 9.59 Å². The Hall–Kier alpha value is -1.35. The lowest BCUT2D eigenvalue weighted by atomic mass is 10.0. The fourth-order valence-corrected chi connectivity index (χ4v) is 2.41. The van der Waals surface area contributed by atoms with Gasteiger partial charge in [0.2, 0.25) is 0 Å². The molecule has 2 aromatic rings. The molecule has 0 unspecified atom stereocenters. The van der Waals surface area contributed by atoms with Crippen molar-refractivity contribution in [3.05, 3.63) is 70.7 Å². The molecule has 2 atom stereocenters. The molecule has 0 aliphatic heterocycles. The van der Waals surface area contributed by atoms with Gasteiger partial charge in [-0.2, -0.15) is 0 Å². The average molecular weight is 342 g/mol. The summed E-state index contributed by atoms with van der Waals surface area (Å²) in [5, 5.41) is -1.75. The van der Waals surface area contributed by atoms with Gasteiger partial charge >= 0.3 is 0 Å². The van der Waals surface area contributed by atoms with E-state index < -0.39 is 16.5 Å². The van der Waals surface area contributed by atoms with Crippen molar-refractivity contribution in [1.29, 1.82) is 0 Å². The lowest BCUT2D eigenvalue weighted by Gasteiger charge is -2.14. The first kappa shape index (κ1) is 16.0. The Kier molecular flexibility index (Phi) is 5.40. The SMILES string of the molecule is O=C(c1ccc(Cl)cc1)[C@@H](Cl)[C@@H](Cl)C(=O)c1ccccc1. The zero-order valence-electron chi connectivity index (χ0n) is 10.8. The van der Waals surface area contributed by atoms with Gasteiger partial charge in [0.05, 0.1) is 0 Å². The van der Waals surface area contributed by atoms with Crippen LogP contribution in [0.25, 0.3) is 0 Å². The van der Waals surface area contributed by atoms with Gasteiger partial charge in [0, 0.05) is 16.1 Å². The number of ketones is 2. The number of benzene rings is 2. The lowest BCUT2D eigenvalue weighted by molar-refractivity contribution is 0.0926. The molecule has 5 heteroatoms. The molecule has 21 heavy (non-hydrogen) atoms. The highest BCUT2D eigenvalue weighted by Gasteiger charge is 2.31. The van der Waals surface area contributed by atoms with E-state index in [2.05, 4.69) is 0 Å². The van der Waals surface area contributed by atoms with Crippen LogP contribution in [0.2, 0.25) is 5.02 Å². The largest absolute Gasteiger partial charge is 0.292 e. The molecule has 0 bridgehead atoms. The molecule has 0 amide bonds. The van der Waals surface area contributed by atoms with Crippen LogP contribution in [0.4, 0.5) is 0 Å². The molecule has 0 aromatic heterocycles. The van der Waals surface area contributed by atoms with Crippen LogP contribution in [0, 0.1) is 0 Å². The van der Waals surface area contributed by atoms with Crippen LogP contribution in [0.1, 0.15) is 20.7 Å². The number of rotatable bonds is 5. The number of hydrogen-bond donors (Lipinski definition) is 0. The third-order valence-electron chi connectivity index (χ3n) is 2.94. The molecule has 0 saturated heterocycles. The van der Waals surface area contributed by atoms with Crippen molar-refractivity contribution in [2.75, 3.05) is 0 Å². The summed E-state index contributed by atoms with van der Waals surface area (Å²) in [6.07, 6.45) is 0. The minimum Gasteiger partial charge on any atom is -0.292 e. The second-order valence-corrected chi connectivity index (χ2v) is 5.78. The number of alkyl halides is 2. The van der Waals surface area contributed by atoms with Crippen LogP contribution in [-0.2, 0) is 0 Å². The Bertz CT molecular complexity index is 638. The Morgan fingerprint density at radius 2 is 1.14 bits per heavy atom. The molecule has 0 aliphatic rings. The number of hydrogen-bond acceptors (Lipinski definition) is 2. The smallest absolute Gasteiger partial charge is 0.182 e. The van der Waals surface area contributed by atoms with Crippen molar-refractivity contribution in [2.45, 2.75) is 10.8 Å². The highest BCUT2D eigenvalue weighted by molar-refractivity contribution is 6.46. The molecule has 2 nitrogen and oxygen atoms in total. The second kappa shape index (κ2) is 7.08. The molecule has 0 spiro atoms. The summed E-state index contributed by atoms with van der Waals surface area (Å²) in [4.78, 5) is 24.4. The zero-order chi connectivity index (χ0) is 15.4. The Labute approximate surface area is 137 Å². The van der Waals surface area contributed by atoms with Crippen LogP contribution in [0.3, 0.4) is 0 Å². The molecule has 0 N–H and O–H groups in total. The summed E-state index contributed by atoms with van der Waals surface area (Å²) in [6, 6.07) is 14.8. The van der Waals surface area contributed by atoms with Crippen molar-refractivity contribution in [2.24, 2.45) is 0 Å². The molecule has 0 fully saturated rings. The lowest BCUT2D eigenvalue weighted by Crippen LogP contribution is -2.32. The van der Waals surface area contributed by atoms with E-state index in [1.807, 2.05) is 0 Å². The third-order valence-corrected chi connectivity index (χ3v) is 4.23. The van der Waals surface area contributed by atoms with E-state index in [4.69, 9.17) is 34.8 Å². The first-order valence-corrected chi connectivity index (χ1v) is 7.43. The van der Waals surface area contributed by atoms with Crippen LogP contribution in [-0.4, -0.2) is 22.3 Å². The van der Waals surface area contributed by atoms with E-state index in [1.54, 1.807) is 54.6 Å². The third kappa shape index (κ3) is 3.85. The van der Waals surface area contributed by atoms with Gasteiger partial charge in [-0.25, -0.2) is 0 Å². The summed E-state index contributed by atoms with van der Waals surface area (Å²) < 4.78 is 0. The molecular formula is C16H11Cl3O2. The number of carbonyl (C=O) groups is 2. The van der Waals surface area contributed by atoms with Crippen molar-refractivity contribution in [1.82, 2.24) is 0 Å². The molecular weight excluding hydrogens is 331 g/mol. The van der Waals surface area contributed by atoms with Gasteiger partial charge in [-0.1, -0.05) is 41.9 Å². The van der Waals surface area contributed by atoms with Crippen molar-refractivity contribution < 1.29 is 9.59 Å². The summed E-state index contributed by atoms with van der Waals surface area (Å²) >= 11 is 17.9. The average Bonchev–Trinajstić information content (AvgIpc) is 2.53. The van der Waals surface area contributed by atoms with E-state index in [-0.39, 0.29) is 5.78 Å². The van der Waals surface area contributed by atoms with Gasteiger partial charge in [-0.15, -0.1) is 23.2 Å². The van der Waals surface area contributed by atoms with Crippen molar-refractivity contribution >= 4 is 46.4 Å². The standard InChI is InChI=1S/C16H11Cl3O2/c17-12-8-6-11(7-9-12)16(21)14(19)13(18)15(20)10-4-2-1-3-5-10/h1-9,13-14H/t13-,14+/m1/s1. The molecule has 2 aromatic carbocycles. The summed E-state index contributed by atoms with van der Waals surface area (Å²) in [5.74, 6) is -0.780. The van der Waals surface area contributed by atoms with E-state index in [0.29, 0.717) is 16.1 Å². The van der Waals surface area contributed by atoms with Gasteiger partial charge in [0.25, 0.3) is 0 Å². The predicted molar refractivity (Wildman–Crippen MR) is 85.8 cm³/mol. The minimum absolute atomic E-state index is 0.367. The molecule has 0 aliphatic carbocycles. The first-order chi connectivity index (χ1) is 10.0. The van der Waals surface area contributed by atoms with Crippen molar-refractivity contribution in [3.63, 3.8) is 0 Å². The predicted octanol–water partition coefficient (Wildman–Crippen LogP) is 4.62. The van der Waals surface area contributed by atoms with Gasteiger partial charge in [-0.05, 0) is 24.3 Å². The number of Topliss-reactive ketones (excluding diaryl/α,β-unsaturated/α-hetero) is 2. The second-order valence-electron chi connectivity index (χ2n) is 4.40. The quantitative estimate of drug-likeness (QED) is 0.587. The highest BCUT2D eigenvalue weighted by Crippen LogP contribution is 2.21. The summed E-state index contributed by atoms with van der Waals surface area (Å²) in [5.41, 5.74) is 0.790. The molecule has 0 saturated carbocycles. The maximum atomic E-state index is 12.2. The summed E-state index contributed by atoms with van der Waals surface area (Å²) in [7, 11) is 0. The highest BCUT2D eigenvalue weighted by atomic mass is 35.5. The van der Waals surface area contributed by atoms with Gasteiger partial charge in [-0.3, -0.25) is 9.59 Å². The van der Waals surface area contributed by atoms with E-state index in [1.165, 1.54) is 0 Å². The zero-order valence-corrected chi connectivity index (χ0v) is 13.1. The van der Waals surface area contributed by atoms with E-state index >= 15 is 0 Å². The molecule has 2 rings (SSSR count). The van der Waals surface area contributed by atoms with Crippen LogP contribution < -0.4 is 0 Å². The number of halogens is 3. The maximum absolute atomic E-state index is 12.2. The monoisotopic (exact) mass is 340 g/mol. The maximum Gasteiger partial charge on any atom is 0.182 e. The first-order valence-electron chi connectivity index (χ1n) is 6.18. The fraction of sp³-hybridized carbons (Fsp3) is 0.125. The van der Waals surface area contributed by atoms with Crippen LogP contribution in [0.15, 0.2) is 54.6 Å². The van der Waals surface area contributed by atoms with Gasteiger partial charge in [0.1, 0.15) is 10.8 Å². The molecule has 0 heterocycles. The number of carbonyl (C=O) groups excluding carboxylic acids is 2. The minimum atomic E-state index is -1.14. The Morgan fingerprint density at radius 1 is 0.714 bits per heavy atom. The topological polar surface area (TPSA) is 34.1 Å². The van der Waals surface area contributed by atoms with Crippen molar-refractivity contribution in [3.8, 4) is 0 Å². The van der Waals surface area contributed by atoms with Crippen LogP contribution >= 0.6 is 34.8 Å². The Balaban J connectivity index is 2.15. The molecule has 108 valence electrons. The van der Waals surface area contributed by atoms with Gasteiger partial charge in [0.15, 0.2) is 11.6 Å². The fourth-order valence-electron chi connectivity index (χ4n) is 1.80. The molecule has 0 radical (unpaired) electrons. The summed E-state index contributed by atoms with van der Waals surface area (Å²) in [6.45, 7) is 0. The van der Waals surface area contributed by atoms with Crippen LogP contribution in [0.5, 0.6) is 0 Å². The normalized spacial score (nSPS) is 13.5. The van der Waals surface area contributed by atoms with E-state index in [0.717, 1.165) is 0 Å².